The van der Waals surface area contributed by atoms with Crippen molar-refractivity contribution in [3.05, 3.63) is 100 Å². The molecule has 0 unspecified atom stereocenters. The van der Waals surface area contributed by atoms with Crippen LogP contribution in [0.3, 0.4) is 0 Å². The largest absolute Gasteiger partial charge is 0.321 e. The lowest BCUT2D eigenvalue weighted by Crippen LogP contribution is -2.28. The lowest BCUT2D eigenvalue weighted by molar-refractivity contribution is 0.102. The molecule has 174 valence electrons. The van der Waals surface area contributed by atoms with E-state index in [0.717, 1.165) is 33.3 Å². The summed E-state index contributed by atoms with van der Waals surface area (Å²) in [5.41, 5.74) is 2.33. The first-order valence-corrected chi connectivity index (χ1v) is 12.5. The van der Waals surface area contributed by atoms with E-state index in [0.29, 0.717) is 16.8 Å². The molecule has 0 spiro atoms. The van der Waals surface area contributed by atoms with Crippen molar-refractivity contribution in [1.29, 1.82) is 0 Å². The highest BCUT2D eigenvalue weighted by molar-refractivity contribution is 7.93. The van der Waals surface area contributed by atoms with Crippen LogP contribution < -0.4 is 9.62 Å². The van der Waals surface area contributed by atoms with Crippen LogP contribution in [0.5, 0.6) is 0 Å². The van der Waals surface area contributed by atoms with Gasteiger partial charge in [-0.15, -0.1) is 11.3 Å². The number of hydrogen-bond acceptors (Lipinski definition) is 4. The van der Waals surface area contributed by atoms with Gasteiger partial charge in [0.05, 0.1) is 5.69 Å². The Hall–Kier alpha value is -3.56. The molecule has 0 bridgehead atoms. The fourth-order valence-electron chi connectivity index (χ4n) is 3.44. The van der Waals surface area contributed by atoms with Gasteiger partial charge in [0.15, 0.2) is 11.6 Å². The van der Waals surface area contributed by atoms with Crippen LogP contribution in [0.2, 0.25) is 0 Å². The first-order valence-electron chi connectivity index (χ1n) is 10.2. The normalized spacial score (nSPS) is 11.3. The van der Waals surface area contributed by atoms with E-state index in [1.807, 2.05) is 13.0 Å². The average Bonchev–Trinajstić information content (AvgIpc) is 3.28. The average molecular weight is 499 g/mol. The summed E-state index contributed by atoms with van der Waals surface area (Å²) in [4.78, 5) is 12.9. The fraction of sp³-hybridized carbons (Fsp3) is 0.0800. The molecule has 1 amide bonds. The molecule has 4 aromatic rings. The Bertz CT molecular complexity index is 1470. The van der Waals surface area contributed by atoms with E-state index in [1.54, 1.807) is 53.9 Å². The molecule has 0 atom stereocenters. The third-order valence-corrected chi connectivity index (χ3v) is 8.18. The van der Waals surface area contributed by atoms with E-state index >= 15 is 0 Å². The van der Waals surface area contributed by atoms with Crippen LogP contribution in [0, 0.1) is 18.6 Å². The predicted octanol–water partition coefficient (Wildman–Crippen LogP) is 6.08. The molecule has 0 aliphatic carbocycles. The van der Waals surface area contributed by atoms with Crippen LogP contribution >= 0.6 is 11.3 Å². The summed E-state index contributed by atoms with van der Waals surface area (Å²) in [6.45, 7) is 1.85. The maximum absolute atomic E-state index is 13.8. The van der Waals surface area contributed by atoms with Crippen molar-refractivity contribution in [3.8, 4) is 11.1 Å². The van der Waals surface area contributed by atoms with Crippen molar-refractivity contribution in [2.45, 2.75) is 11.8 Å². The quantitative estimate of drug-likeness (QED) is 0.350. The van der Waals surface area contributed by atoms with Crippen LogP contribution in [0.4, 0.5) is 20.2 Å². The van der Waals surface area contributed by atoms with E-state index in [1.165, 1.54) is 13.1 Å². The number of nitrogens with one attached hydrogen (secondary N) is 1. The number of anilines is 2. The minimum absolute atomic E-state index is 0.00829. The summed E-state index contributed by atoms with van der Waals surface area (Å²) < 4.78 is 55.7. The molecular weight excluding hydrogens is 478 g/mol. The van der Waals surface area contributed by atoms with E-state index in [9.17, 15) is 22.0 Å². The molecular formula is C25H20F2N2O3S2. The zero-order valence-electron chi connectivity index (χ0n) is 18.2. The van der Waals surface area contributed by atoms with Gasteiger partial charge in [-0.1, -0.05) is 42.5 Å². The summed E-state index contributed by atoms with van der Waals surface area (Å²) in [7, 11) is -2.75. The second kappa shape index (κ2) is 9.36. The molecule has 0 aliphatic heterocycles. The SMILES string of the molecule is Cc1cccc(N(C)S(=O)(=O)c2c(-c3ccccc3)csc2C(=O)Nc2ccc(F)c(F)c2)c1. The van der Waals surface area contributed by atoms with E-state index < -0.39 is 27.6 Å². The van der Waals surface area contributed by atoms with Gasteiger partial charge in [0.2, 0.25) is 0 Å². The summed E-state index contributed by atoms with van der Waals surface area (Å²) in [6, 6.07) is 18.8. The predicted molar refractivity (Wildman–Crippen MR) is 131 cm³/mol. The van der Waals surface area contributed by atoms with Crippen molar-refractivity contribution in [2.75, 3.05) is 16.7 Å². The number of nitrogens with zero attached hydrogens (tertiary/aromatic N) is 1. The van der Waals surface area contributed by atoms with Crippen LogP contribution in [0.25, 0.3) is 11.1 Å². The molecule has 0 radical (unpaired) electrons. The third-order valence-electron chi connectivity index (χ3n) is 5.20. The Kier molecular flexibility index (Phi) is 6.49. The molecule has 0 saturated carbocycles. The van der Waals surface area contributed by atoms with E-state index in [-0.39, 0.29) is 15.5 Å². The molecule has 9 heteroatoms. The van der Waals surface area contributed by atoms with Gasteiger partial charge >= 0.3 is 0 Å². The Morgan fingerprint density at radius 1 is 0.941 bits per heavy atom. The van der Waals surface area contributed by atoms with E-state index in [4.69, 9.17) is 0 Å². The zero-order valence-corrected chi connectivity index (χ0v) is 19.9. The molecule has 1 aromatic heterocycles. The molecule has 0 saturated heterocycles. The van der Waals surface area contributed by atoms with Crippen LogP contribution in [-0.2, 0) is 10.0 Å². The molecule has 0 aliphatic rings. The number of thiophene rings is 1. The Morgan fingerprint density at radius 2 is 1.68 bits per heavy atom. The smallest absolute Gasteiger partial charge is 0.267 e. The van der Waals surface area contributed by atoms with Crippen LogP contribution in [0.1, 0.15) is 15.2 Å². The van der Waals surface area contributed by atoms with Gasteiger partial charge in [-0.25, -0.2) is 17.2 Å². The first kappa shape index (κ1) is 23.6. The van der Waals surface area contributed by atoms with Gasteiger partial charge in [-0.2, -0.15) is 0 Å². The standard InChI is InChI=1S/C25H20F2N2O3S2/c1-16-7-6-10-19(13-16)29(2)34(31,32)24-20(17-8-4-3-5-9-17)15-33-23(24)25(30)28-18-11-12-21(26)22(27)14-18/h3-15H,1-2H3,(H,28,30). The lowest BCUT2D eigenvalue weighted by atomic mass is 10.1. The number of carbonyl (C=O) groups is 1. The third kappa shape index (κ3) is 4.57. The molecule has 1 heterocycles. The summed E-state index contributed by atoms with van der Waals surface area (Å²) in [6.07, 6.45) is 0. The fourth-order valence-corrected chi connectivity index (χ4v) is 6.28. The second-order valence-electron chi connectivity index (χ2n) is 7.57. The highest BCUT2D eigenvalue weighted by Gasteiger charge is 2.32. The zero-order chi connectivity index (χ0) is 24.5. The molecule has 34 heavy (non-hydrogen) atoms. The molecule has 5 nitrogen and oxygen atoms in total. The van der Waals surface area contributed by atoms with Gasteiger partial charge in [0.1, 0.15) is 9.77 Å². The highest BCUT2D eigenvalue weighted by Crippen LogP contribution is 2.38. The minimum Gasteiger partial charge on any atom is -0.321 e. The number of rotatable bonds is 6. The summed E-state index contributed by atoms with van der Waals surface area (Å²) >= 11 is 0.963. The van der Waals surface area contributed by atoms with Crippen molar-refractivity contribution >= 4 is 38.6 Å². The maximum Gasteiger partial charge on any atom is 0.267 e. The number of aryl methyl sites for hydroxylation is 1. The molecule has 0 fully saturated rings. The number of sulfonamides is 1. The number of halogens is 2. The first-order chi connectivity index (χ1) is 16.2. The Labute approximate surface area is 200 Å². The van der Waals surface area contributed by atoms with Gasteiger partial charge < -0.3 is 5.32 Å². The van der Waals surface area contributed by atoms with Crippen LogP contribution in [-0.4, -0.2) is 21.4 Å². The summed E-state index contributed by atoms with van der Waals surface area (Å²) in [5.74, 6) is -2.92. The van der Waals surface area contributed by atoms with Crippen molar-refractivity contribution in [3.63, 3.8) is 0 Å². The number of carbonyl (C=O) groups excluding carboxylic acids is 1. The van der Waals surface area contributed by atoms with E-state index in [2.05, 4.69) is 5.32 Å². The maximum atomic E-state index is 13.8. The number of amides is 1. The number of hydrogen-bond donors (Lipinski definition) is 1. The lowest BCUT2D eigenvalue weighted by Gasteiger charge is -2.21. The van der Waals surface area contributed by atoms with Crippen molar-refractivity contribution < 1.29 is 22.0 Å². The summed E-state index contributed by atoms with van der Waals surface area (Å²) in [5, 5.41) is 4.08. The Morgan fingerprint density at radius 3 is 2.35 bits per heavy atom. The second-order valence-corrected chi connectivity index (χ2v) is 10.4. The van der Waals surface area contributed by atoms with Crippen molar-refractivity contribution in [1.82, 2.24) is 0 Å². The van der Waals surface area contributed by atoms with Gasteiger partial charge in [0, 0.05) is 29.7 Å². The van der Waals surface area contributed by atoms with Crippen LogP contribution in [0.15, 0.2) is 83.1 Å². The van der Waals surface area contributed by atoms with Gasteiger partial charge in [-0.3, -0.25) is 9.10 Å². The van der Waals surface area contributed by atoms with Gasteiger partial charge in [-0.05, 0) is 42.3 Å². The minimum atomic E-state index is -4.18. The number of benzene rings is 3. The molecule has 3 aromatic carbocycles. The van der Waals surface area contributed by atoms with Gasteiger partial charge in [0.25, 0.3) is 15.9 Å². The molecule has 4 rings (SSSR count). The molecule has 1 N–H and O–H groups in total. The van der Waals surface area contributed by atoms with Crippen molar-refractivity contribution in [2.24, 2.45) is 0 Å². The Balaban J connectivity index is 1.83. The topological polar surface area (TPSA) is 66.5 Å². The highest BCUT2D eigenvalue weighted by atomic mass is 32.2. The monoisotopic (exact) mass is 498 g/mol.